The van der Waals surface area contributed by atoms with Crippen LogP contribution < -0.4 is 0 Å². The Bertz CT molecular complexity index is 391. The molecule has 0 aliphatic heterocycles. The van der Waals surface area contributed by atoms with Gasteiger partial charge < -0.3 is 4.74 Å². The van der Waals surface area contributed by atoms with Gasteiger partial charge in [0.15, 0.2) is 0 Å². The molecule has 0 saturated carbocycles. The van der Waals surface area contributed by atoms with Crippen LogP contribution in [0.3, 0.4) is 0 Å². The number of rotatable bonds is 4. The first-order valence-electron chi connectivity index (χ1n) is 5.36. The summed E-state index contributed by atoms with van der Waals surface area (Å²) in [6.45, 7) is 5.96. The van der Waals surface area contributed by atoms with Crippen LogP contribution in [-0.4, -0.2) is 17.6 Å². The number of aromatic nitrogens is 1. The topological polar surface area (TPSA) is 39.2 Å². The van der Waals surface area contributed by atoms with Crippen LogP contribution >= 0.6 is 11.6 Å². The second-order valence-corrected chi connectivity index (χ2v) is 3.71. The summed E-state index contributed by atoms with van der Waals surface area (Å²) in [6.07, 6.45) is 0.827. The summed E-state index contributed by atoms with van der Waals surface area (Å²) >= 11 is 5.84. The number of carbonyl (C=O) groups is 1. The van der Waals surface area contributed by atoms with Crippen LogP contribution in [0.2, 0.25) is 0 Å². The van der Waals surface area contributed by atoms with Crippen LogP contribution in [0.25, 0.3) is 0 Å². The van der Waals surface area contributed by atoms with Gasteiger partial charge in [-0.1, -0.05) is 6.92 Å². The van der Waals surface area contributed by atoms with Crippen molar-refractivity contribution >= 4 is 17.6 Å². The van der Waals surface area contributed by atoms with Crippen molar-refractivity contribution in [2.45, 2.75) is 33.1 Å². The first kappa shape index (κ1) is 13.0. The molecule has 0 atom stereocenters. The van der Waals surface area contributed by atoms with Gasteiger partial charge in [0.1, 0.15) is 0 Å². The number of nitrogens with zero attached hydrogens (tertiary/aromatic N) is 1. The summed E-state index contributed by atoms with van der Waals surface area (Å²) in [5.74, 6) is -0.0457. The molecule has 4 heteroatoms. The normalized spacial score (nSPS) is 10.2. The highest BCUT2D eigenvalue weighted by Gasteiger charge is 2.17. The molecule has 0 spiro atoms. The molecule has 1 aromatic heterocycles. The number of aryl methyl sites for hydroxylation is 2. The summed E-state index contributed by atoms with van der Waals surface area (Å²) in [5.41, 5.74) is 2.94. The van der Waals surface area contributed by atoms with Crippen molar-refractivity contribution in [3.8, 4) is 0 Å². The van der Waals surface area contributed by atoms with E-state index in [1.165, 1.54) is 0 Å². The van der Waals surface area contributed by atoms with E-state index in [-0.39, 0.29) is 5.97 Å². The maximum absolute atomic E-state index is 11.7. The zero-order valence-electron chi connectivity index (χ0n) is 9.84. The Hall–Kier alpha value is -1.09. The standard InChI is InChI=1S/C12H16ClNO2/c1-4-10-6-9(7-13)11(8(3)14-10)12(15)16-5-2/h6H,4-5,7H2,1-3H3. The highest BCUT2D eigenvalue weighted by molar-refractivity contribution is 6.17. The van der Waals surface area contributed by atoms with Crippen molar-refractivity contribution in [3.63, 3.8) is 0 Å². The third-order valence-electron chi connectivity index (χ3n) is 2.32. The number of hydrogen-bond acceptors (Lipinski definition) is 3. The minimum absolute atomic E-state index is 0.296. The van der Waals surface area contributed by atoms with Crippen molar-refractivity contribution in [2.75, 3.05) is 6.61 Å². The van der Waals surface area contributed by atoms with E-state index in [0.717, 1.165) is 17.7 Å². The average Bonchev–Trinajstić information content (AvgIpc) is 2.27. The lowest BCUT2D eigenvalue weighted by Crippen LogP contribution is -2.12. The lowest BCUT2D eigenvalue weighted by atomic mass is 10.1. The Labute approximate surface area is 101 Å². The number of pyridine rings is 1. The van der Waals surface area contributed by atoms with Crippen LogP contribution in [0.15, 0.2) is 6.07 Å². The average molecular weight is 242 g/mol. The van der Waals surface area contributed by atoms with Gasteiger partial charge in [-0.25, -0.2) is 4.79 Å². The summed E-state index contributed by atoms with van der Waals surface area (Å²) in [6, 6.07) is 1.87. The predicted molar refractivity (Wildman–Crippen MR) is 63.9 cm³/mol. The zero-order chi connectivity index (χ0) is 12.1. The van der Waals surface area contributed by atoms with Gasteiger partial charge in [0.25, 0.3) is 0 Å². The summed E-state index contributed by atoms with van der Waals surface area (Å²) in [7, 11) is 0. The van der Waals surface area contributed by atoms with Crippen molar-refractivity contribution < 1.29 is 9.53 Å². The number of hydrogen-bond donors (Lipinski definition) is 0. The first-order chi connectivity index (χ1) is 7.63. The van der Waals surface area contributed by atoms with E-state index in [1.807, 2.05) is 19.9 Å². The lowest BCUT2D eigenvalue weighted by molar-refractivity contribution is 0.0524. The fourth-order valence-electron chi connectivity index (χ4n) is 1.58. The van der Waals surface area contributed by atoms with Crippen LogP contribution in [0.5, 0.6) is 0 Å². The van der Waals surface area contributed by atoms with Crippen molar-refractivity contribution in [1.29, 1.82) is 0 Å². The first-order valence-corrected chi connectivity index (χ1v) is 5.89. The molecule has 0 unspecified atom stereocenters. The maximum Gasteiger partial charge on any atom is 0.340 e. The van der Waals surface area contributed by atoms with Crippen molar-refractivity contribution in [2.24, 2.45) is 0 Å². The SMILES string of the molecule is CCOC(=O)c1c(CCl)cc(CC)nc1C. The quantitative estimate of drug-likeness (QED) is 0.601. The van der Waals surface area contributed by atoms with Crippen LogP contribution in [-0.2, 0) is 17.0 Å². The second-order valence-electron chi connectivity index (χ2n) is 3.44. The molecule has 3 nitrogen and oxygen atoms in total. The molecular weight excluding hydrogens is 226 g/mol. The van der Waals surface area contributed by atoms with Crippen molar-refractivity contribution in [3.05, 3.63) is 28.6 Å². The molecule has 0 aromatic carbocycles. The van der Waals surface area contributed by atoms with E-state index in [0.29, 0.717) is 23.7 Å². The lowest BCUT2D eigenvalue weighted by Gasteiger charge is -2.11. The second kappa shape index (κ2) is 5.85. The maximum atomic E-state index is 11.7. The Morgan fingerprint density at radius 2 is 2.19 bits per heavy atom. The van der Waals surface area contributed by atoms with E-state index in [2.05, 4.69) is 4.98 Å². The van der Waals surface area contributed by atoms with Crippen LogP contribution in [0, 0.1) is 6.92 Å². The third-order valence-corrected chi connectivity index (χ3v) is 2.61. The predicted octanol–water partition coefficient (Wildman–Crippen LogP) is 2.87. The largest absolute Gasteiger partial charge is 0.462 e. The fraction of sp³-hybridized carbons (Fsp3) is 0.500. The van der Waals surface area contributed by atoms with Crippen LogP contribution in [0.1, 0.15) is 41.2 Å². The Morgan fingerprint density at radius 3 is 2.69 bits per heavy atom. The van der Waals surface area contributed by atoms with E-state index in [4.69, 9.17) is 16.3 Å². The smallest absolute Gasteiger partial charge is 0.340 e. The van der Waals surface area contributed by atoms with Crippen LogP contribution in [0.4, 0.5) is 0 Å². The Morgan fingerprint density at radius 1 is 1.50 bits per heavy atom. The van der Waals surface area contributed by atoms with Gasteiger partial charge in [-0.3, -0.25) is 4.98 Å². The Balaban J connectivity index is 3.21. The van der Waals surface area contributed by atoms with Crippen molar-refractivity contribution in [1.82, 2.24) is 4.98 Å². The number of alkyl halides is 1. The molecule has 0 bridgehead atoms. The molecule has 0 aliphatic carbocycles. The molecule has 0 amide bonds. The third kappa shape index (κ3) is 2.73. The summed E-state index contributed by atoms with van der Waals surface area (Å²) in [4.78, 5) is 16.1. The van der Waals surface area contributed by atoms with E-state index >= 15 is 0 Å². The Kier molecular flexibility index (Phi) is 4.74. The van der Waals surface area contributed by atoms with E-state index in [1.54, 1.807) is 6.92 Å². The molecule has 0 aliphatic rings. The minimum Gasteiger partial charge on any atom is -0.462 e. The number of carbonyl (C=O) groups excluding carboxylic acids is 1. The molecular formula is C12H16ClNO2. The molecule has 1 aromatic rings. The zero-order valence-corrected chi connectivity index (χ0v) is 10.6. The highest BCUT2D eigenvalue weighted by Crippen LogP contribution is 2.18. The molecule has 1 rings (SSSR count). The molecule has 0 radical (unpaired) electrons. The summed E-state index contributed by atoms with van der Waals surface area (Å²) < 4.78 is 4.99. The van der Waals surface area contributed by atoms with Gasteiger partial charge in [-0.15, -0.1) is 11.6 Å². The molecule has 0 saturated heterocycles. The van der Waals surface area contributed by atoms with Gasteiger partial charge in [0.2, 0.25) is 0 Å². The number of esters is 1. The minimum atomic E-state index is -0.342. The molecule has 0 fully saturated rings. The molecule has 0 N–H and O–H groups in total. The van der Waals surface area contributed by atoms with Gasteiger partial charge in [-0.2, -0.15) is 0 Å². The fourth-order valence-corrected chi connectivity index (χ4v) is 1.79. The monoisotopic (exact) mass is 241 g/mol. The van der Waals surface area contributed by atoms with Gasteiger partial charge in [0, 0.05) is 11.6 Å². The van der Waals surface area contributed by atoms with E-state index in [9.17, 15) is 4.79 Å². The van der Waals surface area contributed by atoms with Gasteiger partial charge in [-0.05, 0) is 31.9 Å². The van der Waals surface area contributed by atoms with E-state index < -0.39 is 0 Å². The summed E-state index contributed by atoms with van der Waals surface area (Å²) in [5, 5.41) is 0. The van der Waals surface area contributed by atoms with Gasteiger partial charge in [0.05, 0.1) is 17.9 Å². The molecule has 16 heavy (non-hydrogen) atoms. The number of ether oxygens (including phenoxy) is 1. The molecule has 1 heterocycles. The molecule has 88 valence electrons. The number of halogens is 1. The highest BCUT2D eigenvalue weighted by atomic mass is 35.5. The van der Waals surface area contributed by atoms with Gasteiger partial charge >= 0.3 is 5.97 Å².